The molecular formula is C13H19N3O2S. The van der Waals surface area contributed by atoms with E-state index in [1.54, 1.807) is 0 Å². The molecule has 6 heteroatoms. The molecule has 1 aromatic rings. The monoisotopic (exact) mass is 281 g/mol. The fourth-order valence-corrected chi connectivity index (χ4v) is 3.57. The van der Waals surface area contributed by atoms with Gasteiger partial charge in [-0.2, -0.15) is 0 Å². The van der Waals surface area contributed by atoms with E-state index in [-0.39, 0.29) is 11.7 Å². The van der Waals surface area contributed by atoms with Gasteiger partial charge in [0.25, 0.3) is 0 Å². The normalized spacial score (nSPS) is 23.1. The molecule has 1 unspecified atom stereocenters. The third-order valence-corrected chi connectivity index (χ3v) is 4.79. The molecule has 0 aliphatic carbocycles. The van der Waals surface area contributed by atoms with Crippen LogP contribution in [-0.4, -0.2) is 39.5 Å². The van der Waals surface area contributed by atoms with E-state index in [9.17, 15) is 4.79 Å². The third kappa shape index (κ3) is 3.00. The summed E-state index contributed by atoms with van der Waals surface area (Å²) in [5.74, 6) is 1.95. The lowest BCUT2D eigenvalue weighted by molar-refractivity contribution is -0.120. The number of carbonyl (C=O) groups excluding carboxylic acids is 1. The van der Waals surface area contributed by atoms with Crippen LogP contribution in [0.1, 0.15) is 31.5 Å². The minimum Gasteiger partial charge on any atom is -0.381 e. The number of ketones is 1. The lowest BCUT2D eigenvalue weighted by atomic mass is 10.1. The van der Waals surface area contributed by atoms with Crippen molar-refractivity contribution < 1.29 is 9.53 Å². The van der Waals surface area contributed by atoms with Crippen molar-refractivity contribution in [3.8, 4) is 0 Å². The molecule has 0 spiro atoms. The fourth-order valence-electron chi connectivity index (χ4n) is 2.61. The van der Waals surface area contributed by atoms with Crippen LogP contribution in [0.3, 0.4) is 0 Å². The lowest BCUT2D eigenvalue weighted by Gasteiger charge is -2.08. The summed E-state index contributed by atoms with van der Waals surface area (Å²) in [6.45, 7) is 2.31. The largest absolute Gasteiger partial charge is 0.381 e. The minimum absolute atomic E-state index is 0.0963. The van der Waals surface area contributed by atoms with Crippen LogP contribution in [0.5, 0.6) is 0 Å². The van der Waals surface area contributed by atoms with Crippen molar-refractivity contribution in [2.45, 2.75) is 43.8 Å². The van der Waals surface area contributed by atoms with E-state index in [4.69, 9.17) is 4.74 Å². The molecule has 0 aromatic carbocycles. The number of fused-ring (bicyclic) bond motifs is 1. The average Bonchev–Trinajstić information content (AvgIpc) is 3.02. The Morgan fingerprint density at radius 2 is 2.32 bits per heavy atom. The maximum absolute atomic E-state index is 12.0. The van der Waals surface area contributed by atoms with Crippen molar-refractivity contribution in [2.24, 2.45) is 5.92 Å². The maximum atomic E-state index is 12.0. The quantitative estimate of drug-likeness (QED) is 0.786. The van der Waals surface area contributed by atoms with Crippen LogP contribution in [0.15, 0.2) is 5.16 Å². The molecular weight excluding hydrogens is 262 g/mol. The van der Waals surface area contributed by atoms with Gasteiger partial charge in [-0.25, -0.2) is 0 Å². The third-order valence-electron chi connectivity index (χ3n) is 3.80. The van der Waals surface area contributed by atoms with Gasteiger partial charge in [-0.05, 0) is 19.3 Å². The maximum Gasteiger partial charge on any atom is 0.191 e. The number of Topliss-reactive ketones (excluding diaryl/α,β-unsaturated/α-hetero) is 1. The van der Waals surface area contributed by atoms with Crippen LogP contribution in [-0.2, 0) is 22.5 Å². The molecule has 0 saturated carbocycles. The number of nitrogens with zero attached hydrogens (tertiary/aromatic N) is 3. The van der Waals surface area contributed by atoms with E-state index in [0.717, 1.165) is 37.0 Å². The molecule has 1 atom stereocenters. The Labute approximate surface area is 117 Å². The number of hydrogen-bond acceptors (Lipinski definition) is 5. The highest BCUT2D eigenvalue weighted by Crippen LogP contribution is 2.23. The zero-order chi connectivity index (χ0) is 13.1. The molecule has 2 aliphatic rings. The van der Waals surface area contributed by atoms with Gasteiger partial charge in [0, 0.05) is 25.5 Å². The highest BCUT2D eigenvalue weighted by Gasteiger charge is 2.24. The summed E-state index contributed by atoms with van der Waals surface area (Å²) < 4.78 is 7.45. The zero-order valence-electron chi connectivity index (χ0n) is 11.0. The van der Waals surface area contributed by atoms with Crippen molar-refractivity contribution in [1.82, 2.24) is 14.8 Å². The van der Waals surface area contributed by atoms with Gasteiger partial charge in [-0.15, -0.1) is 10.2 Å². The Bertz CT molecular complexity index is 455. The van der Waals surface area contributed by atoms with E-state index >= 15 is 0 Å². The Hall–Kier alpha value is -0.880. The number of ether oxygens (including phenoxy) is 1. The van der Waals surface area contributed by atoms with Crippen molar-refractivity contribution in [3.63, 3.8) is 0 Å². The average molecular weight is 281 g/mol. The molecule has 0 radical (unpaired) electrons. The first kappa shape index (κ1) is 13.1. The van der Waals surface area contributed by atoms with Gasteiger partial charge in [0.05, 0.1) is 12.4 Å². The molecule has 0 N–H and O–H groups in total. The van der Waals surface area contributed by atoms with Gasteiger partial charge in [-0.1, -0.05) is 18.2 Å². The first-order chi connectivity index (χ1) is 9.34. The second kappa shape index (κ2) is 6.05. The van der Waals surface area contributed by atoms with Gasteiger partial charge in [0.1, 0.15) is 11.6 Å². The van der Waals surface area contributed by atoms with Crippen molar-refractivity contribution in [2.75, 3.05) is 19.0 Å². The number of rotatable bonds is 4. The molecule has 0 amide bonds. The smallest absolute Gasteiger partial charge is 0.191 e. The Morgan fingerprint density at radius 1 is 1.37 bits per heavy atom. The van der Waals surface area contributed by atoms with E-state index < -0.39 is 0 Å². The molecule has 0 bridgehead atoms. The van der Waals surface area contributed by atoms with Crippen LogP contribution < -0.4 is 0 Å². The first-order valence-corrected chi connectivity index (χ1v) is 7.98. The number of aromatic nitrogens is 3. The Balaban J connectivity index is 1.60. The molecule has 3 heterocycles. The number of thioether (sulfide) groups is 1. The lowest BCUT2D eigenvalue weighted by Crippen LogP contribution is -2.17. The number of carbonyl (C=O) groups is 1. The minimum atomic E-state index is 0.0963. The van der Waals surface area contributed by atoms with Crippen LogP contribution in [0.25, 0.3) is 0 Å². The summed E-state index contributed by atoms with van der Waals surface area (Å²) in [7, 11) is 0. The van der Waals surface area contributed by atoms with E-state index in [0.29, 0.717) is 12.4 Å². The van der Waals surface area contributed by atoms with Crippen molar-refractivity contribution in [3.05, 3.63) is 5.82 Å². The van der Waals surface area contributed by atoms with Crippen LogP contribution in [0.4, 0.5) is 0 Å². The summed E-state index contributed by atoms with van der Waals surface area (Å²) in [6.07, 6.45) is 5.52. The molecule has 1 fully saturated rings. The summed E-state index contributed by atoms with van der Waals surface area (Å²) >= 11 is 1.53. The molecule has 3 rings (SSSR count). The predicted molar refractivity (Wildman–Crippen MR) is 72.2 cm³/mol. The molecule has 19 heavy (non-hydrogen) atoms. The summed E-state index contributed by atoms with van der Waals surface area (Å²) in [5, 5.41) is 9.39. The highest BCUT2D eigenvalue weighted by molar-refractivity contribution is 7.99. The van der Waals surface area contributed by atoms with Gasteiger partial charge in [-0.3, -0.25) is 4.79 Å². The van der Waals surface area contributed by atoms with Gasteiger partial charge in [0.2, 0.25) is 0 Å². The van der Waals surface area contributed by atoms with Crippen molar-refractivity contribution in [1.29, 1.82) is 0 Å². The topological polar surface area (TPSA) is 57.0 Å². The zero-order valence-corrected chi connectivity index (χ0v) is 11.8. The van der Waals surface area contributed by atoms with Crippen LogP contribution in [0, 0.1) is 5.92 Å². The number of aryl methyl sites for hydroxylation is 1. The summed E-state index contributed by atoms with van der Waals surface area (Å²) in [4.78, 5) is 12.0. The second-order valence-corrected chi connectivity index (χ2v) is 6.12. The first-order valence-electron chi connectivity index (χ1n) is 7.00. The molecule has 1 aromatic heterocycles. The van der Waals surface area contributed by atoms with Crippen molar-refractivity contribution >= 4 is 17.5 Å². The van der Waals surface area contributed by atoms with E-state index in [2.05, 4.69) is 14.8 Å². The van der Waals surface area contributed by atoms with Gasteiger partial charge in [0.15, 0.2) is 5.16 Å². The standard InChI is InChI=1S/C13H19N3O2S/c17-11(10-5-7-18-8-10)9-19-13-15-14-12-4-2-1-3-6-16(12)13/h10H,1-9H2. The molecule has 1 saturated heterocycles. The molecule has 104 valence electrons. The van der Waals surface area contributed by atoms with Crippen LogP contribution in [0.2, 0.25) is 0 Å². The van der Waals surface area contributed by atoms with Crippen LogP contribution >= 0.6 is 11.8 Å². The SMILES string of the molecule is O=C(CSc1nnc2n1CCCCC2)C1CCOC1. The molecule has 2 aliphatic heterocycles. The predicted octanol–water partition coefficient (Wildman–Crippen LogP) is 1.70. The van der Waals surface area contributed by atoms with Gasteiger partial charge < -0.3 is 9.30 Å². The Morgan fingerprint density at radius 3 is 3.16 bits per heavy atom. The Kier molecular flexibility index (Phi) is 4.18. The molecule has 5 nitrogen and oxygen atoms in total. The number of hydrogen-bond donors (Lipinski definition) is 0. The summed E-state index contributed by atoms with van der Waals surface area (Å²) in [5.41, 5.74) is 0. The summed E-state index contributed by atoms with van der Waals surface area (Å²) in [6, 6.07) is 0. The van der Waals surface area contributed by atoms with E-state index in [1.807, 2.05) is 0 Å². The second-order valence-electron chi connectivity index (χ2n) is 5.18. The van der Waals surface area contributed by atoms with E-state index in [1.165, 1.54) is 31.0 Å². The van der Waals surface area contributed by atoms with Gasteiger partial charge >= 0.3 is 0 Å². The fraction of sp³-hybridized carbons (Fsp3) is 0.769. The highest BCUT2D eigenvalue weighted by atomic mass is 32.2.